The number of aryl methyl sites for hydroxylation is 1. The van der Waals surface area contributed by atoms with Crippen LogP contribution < -0.4 is 9.62 Å². The van der Waals surface area contributed by atoms with E-state index in [4.69, 9.17) is 11.6 Å². The van der Waals surface area contributed by atoms with Crippen molar-refractivity contribution in [2.75, 3.05) is 17.4 Å². The van der Waals surface area contributed by atoms with Crippen LogP contribution in [-0.2, 0) is 32.3 Å². The summed E-state index contributed by atoms with van der Waals surface area (Å²) in [6.45, 7) is 4.35. The van der Waals surface area contributed by atoms with Crippen molar-refractivity contribution >= 4 is 39.1 Å². The summed E-state index contributed by atoms with van der Waals surface area (Å²) in [7, 11) is -4.53. The van der Waals surface area contributed by atoms with Gasteiger partial charge in [-0.2, -0.15) is 13.2 Å². The van der Waals surface area contributed by atoms with Gasteiger partial charge in [0.1, 0.15) is 12.6 Å². The topological polar surface area (TPSA) is 86.8 Å². The Hall–Kier alpha value is -3.57. The number of carbonyl (C=O) groups excluding carboxylic acids is 2. The molecule has 0 aromatic heterocycles. The summed E-state index contributed by atoms with van der Waals surface area (Å²) in [6, 6.07) is 16.0. The van der Waals surface area contributed by atoms with Gasteiger partial charge in [-0.15, -0.1) is 0 Å². The van der Waals surface area contributed by atoms with Gasteiger partial charge in [0.05, 0.1) is 21.2 Å². The van der Waals surface area contributed by atoms with Crippen molar-refractivity contribution in [1.29, 1.82) is 0 Å². The number of anilines is 1. The van der Waals surface area contributed by atoms with Crippen molar-refractivity contribution in [3.05, 3.63) is 94.5 Å². The van der Waals surface area contributed by atoms with E-state index >= 15 is 0 Å². The molecule has 7 nitrogen and oxygen atoms in total. The number of nitrogens with one attached hydrogen (secondary N) is 1. The zero-order valence-electron chi connectivity index (χ0n) is 22.1. The first-order valence-corrected chi connectivity index (χ1v) is 14.1. The molecule has 0 spiro atoms. The first kappa shape index (κ1) is 31.0. The molecule has 1 atom stereocenters. The van der Waals surface area contributed by atoms with Gasteiger partial charge in [-0.05, 0) is 56.7 Å². The third-order valence-corrected chi connectivity index (χ3v) is 8.26. The van der Waals surface area contributed by atoms with Crippen LogP contribution in [0.15, 0.2) is 77.7 Å². The number of halogens is 4. The van der Waals surface area contributed by atoms with E-state index in [-0.39, 0.29) is 11.4 Å². The van der Waals surface area contributed by atoms with Gasteiger partial charge >= 0.3 is 6.18 Å². The van der Waals surface area contributed by atoms with Crippen LogP contribution in [0.4, 0.5) is 18.9 Å². The molecule has 0 heterocycles. The molecule has 0 fully saturated rings. The molecule has 1 N–H and O–H groups in total. The number of alkyl halides is 3. The Morgan fingerprint density at radius 3 is 2.20 bits per heavy atom. The Kier molecular flexibility index (Phi) is 9.86. The maximum atomic E-state index is 13.8. The molecule has 3 rings (SSSR count). The highest BCUT2D eigenvalue weighted by molar-refractivity contribution is 7.92. The Bertz CT molecular complexity index is 1450. The lowest BCUT2D eigenvalue weighted by atomic mass is 10.1. The lowest BCUT2D eigenvalue weighted by Crippen LogP contribution is -2.51. The largest absolute Gasteiger partial charge is 0.417 e. The SMILES string of the molecule is CCNC(=O)[C@@H](C)N(Cc1ccccc1)C(=O)CN(c1ccc(Cl)c(C(F)(F)F)c1)S(=O)(=O)c1ccc(C)cc1. The second-order valence-corrected chi connectivity index (χ2v) is 11.3. The van der Waals surface area contributed by atoms with Crippen LogP contribution in [0.2, 0.25) is 5.02 Å². The van der Waals surface area contributed by atoms with Crippen molar-refractivity contribution < 1.29 is 31.2 Å². The van der Waals surface area contributed by atoms with Crippen LogP contribution in [0.5, 0.6) is 0 Å². The predicted octanol–water partition coefficient (Wildman–Crippen LogP) is 5.42. The Morgan fingerprint density at radius 2 is 1.62 bits per heavy atom. The number of carbonyl (C=O) groups is 2. The fraction of sp³-hybridized carbons (Fsp3) is 0.286. The normalized spacial score (nSPS) is 12.5. The first-order valence-electron chi connectivity index (χ1n) is 12.3. The average Bonchev–Trinajstić information content (AvgIpc) is 2.90. The smallest absolute Gasteiger partial charge is 0.355 e. The summed E-state index contributed by atoms with van der Waals surface area (Å²) < 4.78 is 69.2. The third kappa shape index (κ3) is 7.33. The standard InChI is InChI=1S/C28H29ClF3N3O4S/c1-4-33-27(37)20(3)34(17-21-8-6-5-7-9-21)26(36)18-35(40(38,39)23-13-10-19(2)11-14-23)22-12-15-25(29)24(16-22)28(30,31)32/h5-16,20H,4,17-18H2,1-3H3,(H,33,37)/t20-/m1/s1. The van der Waals surface area contributed by atoms with Gasteiger partial charge in [0.15, 0.2) is 0 Å². The summed E-state index contributed by atoms with van der Waals surface area (Å²) in [6.07, 6.45) is -4.87. The van der Waals surface area contributed by atoms with E-state index in [1.165, 1.54) is 36.1 Å². The van der Waals surface area contributed by atoms with E-state index in [0.717, 1.165) is 17.7 Å². The number of hydrogen-bond donors (Lipinski definition) is 1. The molecule has 0 aliphatic heterocycles. The Morgan fingerprint density at radius 1 is 1.00 bits per heavy atom. The van der Waals surface area contributed by atoms with Crippen LogP contribution in [-0.4, -0.2) is 44.3 Å². The number of benzene rings is 3. The van der Waals surface area contributed by atoms with Crippen LogP contribution in [0, 0.1) is 6.92 Å². The minimum atomic E-state index is -4.87. The minimum Gasteiger partial charge on any atom is -0.355 e. The molecule has 0 aliphatic rings. The molecule has 0 bridgehead atoms. The van der Waals surface area contributed by atoms with E-state index in [0.29, 0.717) is 22.5 Å². The first-order chi connectivity index (χ1) is 18.8. The fourth-order valence-electron chi connectivity index (χ4n) is 3.94. The van der Waals surface area contributed by atoms with Crippen molar-refractivity contribution in [2.24, 2.45) is 0 Å². The molecule has 0 saturated carbocycles. The molecule has 2 amide bonds. The molecule has 12 heteroatoms. The van der Waals surface area contributed by atoms with Gasteiger partial charge in [0.25, 0.3) is 10.0 Å². The quantitative estimate of drug-likeness (QED) is 0.339. The number of nitrogens with zero attached hydrogens (tertiary/aromatic N) is 2. The molecule has 214 valence electrons. The van der Waals surface area contributed by atoms with Gasteiger partial charge in [0.2, 0.25) is 11.8 Å². The molecular formula is C28H29ClF3N3O4S. The van der Waals surface area contributed by atoms with E-state index in [1.54, 1.807) is 44.2 Å². The number of amides is 2. The summed E-state index contributed by atoms with van der Waals surface area (Å²) >= 11 is 5.78. The van der Waals surface area contributed by atoms with Crippen LogP contribution in [0.3, 0.4) is 0 Å². The van der Waals surface area contributed by atoms with Gasteiger partial charge < -0.3 is 10.2 Å². The molecule has 40 heavy (non-hydrogen) atoms. The Labute approximate surface area is 236 Å². The summed E-state index contributed by atoms with van der Waals surface area (Å²) in [4.78, 5) is 27.4. The monoisotopic (exact) mass is 595 g/mol. The zero-order valence-corrected chi connectivity index (χ0v) is 23.6. The molecule has 0 radical (unpaired) electrons. The van der Waals surface area contributed by atoms with Crippen molar-refractivity contribution in [2.45, 2.75) is 44.4 Å². The number of sulfonamides is 1. The lowest BCUT2D eigenvalue weighted by Gasteiger charge is -2.32. The van der Waals surface area contributed by atoms with Gasteiger partial charge in [-0.25, -0.2) is 8.42 Å². The second kappa shape index (κ2) is 12.7. The van der Waals surface area contributed by atoms with Gasteiger partial charge in [-0.1, -0.05) is 59.6 Å². The van der Waals surface area contributed by atoms with Gasteiger partial charge in [-0.3, -0.25) is 13.9 Å². The molecule has 0 aliphatic carbocycles. The summed E-state index contributed by atoms with van der Waals surface area (Å²) in [5.41, 5.74) is -0.223. The highest BCUT2D eigenvalue weighted by atomic mass is 35.5. The van der Waals surface area contributed by atoms with Crippen molar-refractivity contribution in [1.82, 2.24) is 10.2 Å². The van der Waals surface area contributed by atoms with Crippen molar-refractivity contribution in [3.63, 3.8) is 0 Å². The lowest BCUT2D eigenvalue weighted by molar-refractivity contribution is -0.139. The van der Waals surface area contributed by atoms with Gasteiger partial charge in [0, 0.05) is 13.1 Å². The highest BCUT2D eigenvalue weighted by Gasteiger charge is 2.36. The molecule has 3 aromatic carbocycles. The maximum absolute atomic E-state index is 13.8. The molecule has 3 aromatic rings. The molecular weight excluding hydrogens is 567 g/mol. The maximum Gasteiger partial charge on any atom is 0.417 e. The number of likely N-dealkylation sites (N-methyl/N-ethyl adjacent to an activating group) is 1. The van der Waals surface area contributed by atoms with Crippen molar-refractivity contribution in [3.8, 4) is 0 Å². The van der Waals surface area contributed by atoms with E-state index < -0.39 is 56.9 Å². The van der Waals surface area contributed by atoms with E-state index in [9.17, 15) is 31.2 Å². The third-order valence-electron chi connectivity index (χ3n) is 6.15. The fourth-order valence-corrected chi connectivity index (χ4v) is 5.57. The van der Waals surface area contributed by atoms with E-state index in [1.807, 2.05) is 0 Å². The Balaban J connectivity index is 2.11. The molecule has 0 unspecified atom stereocenters. The predicted molar refractivity (Wildman–Crippen MR) is 147 cm³/mol. The minimum absolute atomic E-state index is 0.0369. The zero-order chi connectivity index (χ0) is 29.7. The average molecular weight is 596 g/mol. The summed E-state index contributed by atoms with van der Waals surface area (Å²) in [5, 5.41) is 2.02. The second-order valence-electron chi connectivity index (χ2n) is 9.06. The van der Waals surface area contributed by atoms with Crippen LogP contribution in [0.25, 0.3) is 0 Å². The molecule has 0 saturated heterocycles. The number of hydrogen-bond acceptors (Lipinski definition) is 4. The highest BCUT2D eigenvalue weighted by Crippen LogP contribution is 2.38. The van der Waals surface area contributed by atoms with Crippen LogP contribution >= 0.6 is 11.6 Å². The number of rotatable bonds is 10. The summed E-state index contributed by atoms with van der Waals surface area (Å²) in [5.74, 6) is -1.26. The van der Waals surface area contributed by atoms with Crippen LogP contribution in [0.1, 0.15) is 30.5 Å². The van der Waals surface area contributed by atoms with E-state index in [2.05, 4.69) is 5.32 Å².